The monoisotopic (exact) mass is 325 g/mol. The molecule has 1 aromatic carbocycles. The van der Waals surface area contributed by atoms with E-state index in [0.29, 0.717) is 6.42 Å². The zero-order valence-electron chi connectivity index (χ0n) is 14.6. The molecule has 1 heterocycles. The van der Waals surface area contributed by atoms with Crippen LogP contribution in [-0.2, 0) is 16.1 Å². The Morgan fingerprint density at radius 1 is 1.04 bits per heavy atom. The lowest BCUT2D eigenvalue weighted by Gasteiger charge is -2.11. The Balaban J connectivity index is 1.89. The summed E-state index contributed by atoms with van der Waals surface area (Å²) in [4.78, 5) is 13.2. The molecule has 126 valence electrons. The van der Waals surface area contributed by atoms with Gasteiger partial charge in [-0.25, -0.2) is 4.57 Å². The summed E-state index contributed by atoms with van der Waals surface area (Å²) in [6.45, 7) is 0.811. The van der Waals surface area contributed by atoms with Gasteiger partial charge in [-0.05, 0) is 23.3 Å². The standard InChI is InChI=1S/C20H25N2O2/c1-21(2)19-10-8-17(9-11-19)6-7-18-12-15-22(16-13-18)14-4-5-20(23)24-3/h6-13,15-16H,4-5,14H2,1-3H3/q+1. The first kappa shape index (κ1) is 17.7. The van der Waals surface area contributed by atoms with Gasteiger partial charge in [0.15, 0.2) is 12.4 Å². The van der Waals surface area contributed by atoms with Crippen molar-refractivity contribution in [2.75, 3.05) is 26.1 Å². The van der Waals surface area contributed by atoms with Crippen molar-refractivity contribution in [3.8, 4) is 0 Å². The SMILES string of the molecule is COC(=O)CCC[n+]1ccc(/C=C/c2ccc(N(C)C)cc2)cc1. The Morgan fingerprint density at radius 3 is 2.17 bits per heavy atom. The van der Waals surface area contributed by atoms with Gasteiger partial charge >= 0.3 is 5.97 Å². The number of aromatic nitrogens is 1. The maximum absolute atomic E-state index is 11.1. The summed E-state index contributed by atoms with van der Waals surface area (Å²) in [5.41, 5.74) is 3.52. The third-order valence-corrected chi connectivity index (χ3v) is 3.82. The van der Waals surface area contributed by atoms with Gasteiger partial charge < -0.3 is 9.64 Å². The highest BCUT2D eigenvalue weighted by molar-refractivity contribution is 5.70. The van der Waals surface area contributed by atoms with Crippen LogP contribution in [0.1, 0.15) is 24.0 Å². The summed E-state index contributed by atoms with van der Waals surface area (Å²) in [5, 5.41) is 0. The van der Waals surface area contributed by atoms with Crippen LogP contribution in [0.4, 0.5) is 5.69 Å². The second-order valence-corrected chi connectivity index (χ2v) is 5.87. The number of hydrogen-bond acceptors (Lipinski definition) is 3. The number of pyridine rings is 1. The van der Waals surface area contributed by atoms with E-state index in [1.807, 2.05) is 26.5 Å². The minimum atomic E-state index is -0.157. The van der Waals surface area contributed by atoms with Crippen molar-refractivity contribution in [3.63, 3.8) is 0 Å². The topological polar surface area (TPSA) is 33.4 Å². The van der Waals surface area contributed by atoms with Crippen molar-refractivity contribution in [2.45, 2.75) is 19.4 Å². The van der Waals surface area contributed by atoms with Gasteiger partial charge in [-0.3, -0.25) is 4.79 Å². The van der Waals surface area contributed by atoms with Crippen molar-refractivity contribution in [3.05, 3.63) is 59.9 Å². The minimum Gasteiger partial charge on any atom is -0.469 e. The molecular formula is C20H25N2O2+. The largest absolute Gasteiger partial charge is 0.469 e. The van der Waals surface area contributed by atoms with Crippen LogP contribution in [0.2, 0.25) is 0 Å². The van der Waals surface area contributed by atoms with Crippen LogP contribution in [0.3, 0.4) is 0 Å². The molecule has 0 aliphatic rings. The molecule has 0 spiro atoms. The molecule has 4 heteroatoms. The summed E-state index contributed by atoms with van der Waals surface area (Å²) < 4.78 is 6.72. The number of nitrogens with zero attached hydrogens (tertiary/aromatic N) is 2. The Morgan fingerprint density at radius 2 is 1.62 bits per heavy atom. The normalized spacial score (nSPS) is 10.8. The zero-order chi connectivity index (χ0) is 17.4. The molecule has 0 saturated carbocycles. The lowest BCUT2D eigenvalue weighted by molar-refractivity contribution is -0.697. The molecule has 24 heavy (non-hydrogen) atoms. The maximum Gasteiger partial charge on any atom is 0.305 e. The molecule has 0 fully saturated rings. The van der Waals surface area contributed by atoms with E-state index in [4.69, 9.17) is 0 Å². The summed E-state index contributed by atoms with van der Waals surface area (Å²) >= 11 is 0. The molecule has 0 aliphatic heterocycles. The molecule has 0 aliphatic carbocycles. The number of aryl methyl sites for hydroxylation is 1. The highest BCUT2D eigenvalue weighted by Gasteiger charge is 2.04. The van der Waals surface area contributed by atoms with Gasteiger partial charge in [-0.15, -0.1) is 0 Å². The average molecular weight is 325 g/mol. The number of benzene rings is 1. The van der Waals surface area contributed by atoms with Gasteiger partial charge in [0.25, 0.3) is 0 Å². The van der Waals surface area contributed by atoms with Gasteiger partial charge in [-0.1, -0.05) is 24.3 Å². The van der Waals surface area contributed by atoms with Crippen LogP contribution in [0, 0.1) is 0 Å². The number of ether oxygens (including phenoxy) is 1. The molecule has 4 nitrogen and oxygen atoms in total. The van der Waals surface area contributed by atoms with Crippen LogP contribution in [0.5, 0.6) is 0 Å². The molecular weight excluding hydrogens is 300 g/mol. The van der Waals surface area contributed by atoms with E-state index in [2.05, 4.69) is 62.8 Å². The minimum absolute atomic E-state index is 0.157. The fourth-order valence-electron chi connectivity index (χ4n) is 2.31. The Bertz CT molecular complexity index is 674. The lowest BCUT2D eigenvalue weighted by atomic mass is 10.1. The summed E-state index contributed by atoms with van der Waals surface area (Å²) in [6.07, 6.45) is 9.51. The Labute approximate surface area is 144 Å². The molecule has 0 N–H and O–H groups in total. The molecule has 2 aromatic rings. The summed E-state index contributed by atoms with van der Waals surface area (Å²) in [7, 11) is 5.50. The number of esters is 1. The number of carbonyl (C=O) groups is 1. The van der Waals surface area contributed by atoms with E-state index in [9.17, 15) is 4.79 Å². The Kier molecular flexibility index (Phi) is 6.55. The molecule has 0 unspecified atom stereocenters. The fraction of sp³-hybridized carbons (Fsp3) is 0.300. The number of methoxy groups -OCH3 is 1. The number of anilines is 1. The second-order valence-electron chi connectivity index (χ2n) is 5.87. The van der Waals surface area contributed by atoms with E-state index in [1.54, 1.807) is 0 Å². The van der Waals surface area contributed by atoms with Crippen LogP contribution in [-0.4, -0.2) is 27.2 Å². The van der Waals surface area contributed by atoms with Gasteiger partial charge in [0.05, 0.1) is 13.5 Å². The highest BCUT2D eigenvalue weighted by atomic mass is 16.5. The molecule has 1 aromatic heterocycles. The van der Waals surface area contributed by atoms with Gasteiger partial charge in [-0.2, -0.15) is 0 Å². The first-order valence-electron chi connectivity index (χ1n) is 8.10. The molecule has 0 radical (unpaired) electrons. The van der Waals surface area contributed by atoms with Crippen LogP contribution in [0.25, 0.3) is 12.2 Å². The predicted octanol–water partition coefficient (Wildman–Crippen LogP) is 3.16. The lowest BCUT2D eigenvalue weighted by Crippen LogP contribution is -2.32. The smallest absolute Gasteiger partial charge is 0.305 e. The first-order valence-corrected chi connectivity index (χ1v) is 8.10. The number of rotatable bonds is 7. The predicted molar refractivity (Wildman–Crippen MR) is 97.6 cm³/mol. The van der Waals surface area contributed by atoms with E-state index in [-0.39, 0.29) is 5.97 Å². The quantitative estimate of drug-likeness (QED) is 0.579. The first-order chi connectivity index (χ1) is 11.6. The van der Waals surface area contributed by atoms with Gasteiger partial charge in [0.1, 0.15) is 6.54 Å². The van der Waals surface area contributed by atoms with Crippen LogP contribution < -0.4 is 9.47 Å². The highest BCUT2D eigenvalue weighted by Crippen LogP contribution is 2.14. The second kappa shape index (κ2) is 8.87. The zero-order valence-corrected chi connectivity index (χ0v) is 14.6. The summed E-state index contributed by atoms with van der Waals surface area (Å²) in [6, 6.07) is 12.6. The van der Waals surface area contributed by atoms with Crippen molar-refractivity contribution in [1.82, 2.24) is 0 Å². The Hall–Kier alpha value is -2.62. The van der Waals surface area contributed by atoms with Crippen molar-refractivity contribution in [2.24, 2.45) is 0 Å². The van der Waals surface area contributed by atoms with Crippen molar-refractivity contribution < 1.29 is 14.1 Å². The number of carbonyl (C=O) groups excluding carboxylic acids is 1. The van der Waals surface area contributed by atoms with E-state index >= 15 is 0 Å². The average Bonchev–Trinajstić information content (AvgIpc) is 2.61. The van der Waals surface area contributed by atoms with Gasteiger partial charge in [0.2, 0.25) is 0 Å². The van der Waals surface area contributed by atoms with Crippen LogP contribution in [0.15, 0.2) is 48.8 Å². The summed E-state index contributed by atoms with van der Waals surface area (Å²) in [5.74, 6) is -0.157. The molecule has 0 bridgehead atoms. The number of hydrogen-bond donors (Lipinski definition) is 0. The van der Waals surface area contributed by atoms with E-state index in [0.717, 1.165) is 18.5 Å². The van der Waals surface area contributed by atoms with Crippen molar-refractivity contribution >= 4 is 23.8 Å². The van der Waals surface area contributed by atoms with E-state index in [1.165, 1.54) is 18.4 Å². The molecule has 0 amide bonds. The third-order valence-electron chi connectivity index (χ3n) is 3.82. The fourth-order valence-corrected chi connectivity index (χ4v) is 2.31. The third kappa shape index (κ3) is 5.54. The van der Waals surface area contributed by atoms with Gasteiger partial charge in [0, 0.05) is 38.3 Å². The van der Waals surface area contributed by atoms with Crippen molar-refractivity contribution in [1.29, 1.82) is 0 Å². The molecule has 2 rings (SSSR count). The maximum atomic E-state index is 11.1. The van der Waals surface area contributed by atoms with Crippen LogP contribution >= 0.6 is 0 Å². The molecule has 0 saturated heterocycles. The molecule has 0 atom stereocenters. The van der Waals surface area contributed by atoms with E-state index < -0.39 is 0 Å².